The molecular weight excluding hydrogens is 291 g/mol. The minimum Gasteiger partial charge on any atom is -0.360 e. The maximum Gasteiger partial charge on any atom is 0.258 e. The molecule has 0 saturated heterocycles. The van der Waals surface area contributed by atoms with Crippen LogP contribution in [0.3, 0.4) is 0 Å². The number of benzene rings is 1. The first-order valence-electron chi connectivity index (χ1n) is 4.76. The molecule has 1 N–H and O–H groups in total. The molecule has 0 radical (unpaired) electrons. The molecule has 2 rings (SSSR count). The summed E-state index contributed by atoms with van der Waals surface area (Å²) in [5.74, 6) is 0.123. The average molecular weight is 299 g/mol. The van der Waals surface area contributed by atoms with Gasteiger partial charge in [-0.3, -0.25) is 4.79 Å². The van der Waals surface area contributed by atoms with Gasteiger partial charge in [0.15, 0.2) is 5.82 Å². The Labute approximate surface area is 105 Å². The van der Waals surface area contributed by atoms with Gasteiger partial charge in [0.25, 0.3) is 5.91 Å². The third kappa shape index (κ3) is 2.71. The molecule has 1 amide bonds. The van der Waals surface area contributed by atoms with Crippen molar-refractivity contribution in [3.05, 3.63) is 45.9 Å². The van der Waals surface area contributed by atoms with Gasteiger partial charge in [0.05, 0.1) is 5.56 Å². The van der Waals surface area contributed by atoms with Crippen molar-refractivity contribution in [1.82, 2.24) is 5.16 Å². The number of halogens is 2. The molecule has 0 aliphatic carbocycles. The third-order valence-electron chi connectivity index (χ3n) is 2.05. The fourth-order valence-electron chi connectivity index (χ4n) is 1.28. The minimum absolute atomic E-state index is 0.323. The highest BCUT2D eigenvalue weighted by molar-refractivity contribution is 9.10. The van der Waals surface area contributed by atoms with Gasteiger partial charge in [-0.2, -0.15) is 0 Å². The first-order valence-corrected chi connectivity index (χ1v) is 5.55. The maximum absolute atomic E-state index is 12.9. The van der Waals surface area contributed by atoms with Gasteiger partial charge in [-0.1, -0.05) is 5.16 Å². The van der Waals surface area contributed by atoms with Crippen molar-refractivity contribution < 1.29 is 13.7 Å². The Morgan fingerprint density at radius 1 is 1.47 bits per heavy atom. The van der Waals surface area contributed by atoms with E-state index in [0.29, 0.717) is 21.6 Å². The fraction of sp³-hybridized carbons (Fsp3) is 0.0909. The van der Waals surface area contributed by atoms with E-state index in [4.69, 9.17) is 4.52 Å². The number of rotatable bonds is 2. The van der Waals surface area contributed by atoms with Crippen LogP contribution in [-0.4, -0.2) is 11.1 Å². The molecule has 6 heteroatoms. The molecular formula is C11H8BrFN2O2. The predicted octanol–water partition coefficient (Wildman–Crippen LogP) is 3.14. The van der Waals surface area contributed by atoms with Crippen molar-refractivity contribution in [1.29, 1.82) is 0 Å². The molecule has 1 aromatic heterocycles. The van der Waals surface area contributed by atoms with Crippen molar-refractivity contribution in [2.75, 3.05) is 5.32 Å². The predicted molar refractivity (Wildman–Crippen MR) is 63.3 cm³/mol. The van der Waals surface area contributed by atoms with Gasteiger partial charge >= 0.3 is 0 Å². The van der Waals surface area contributed by atoms with Crippen LogP contribution in [-0.2, 0) is 0 Å². The summed E-state index contributed by atoms with van der Waals surface area (Å²) in [6.07, 6.45) is 0. The lowest BCUT2D eigenvalue weighted by atomic mass is 10.2. The second kappa shape index (κ2) is 4.67. The van der Waals surface area contributed by atoms with E-state index in [0.717, 1.165) is 0 Å². The van der Waals surface area contributed by atoms with E-state index < -0.39 is 5.82 Å². The number of amides is 1. The van der Waals surface area contributed by atoms with Crippen molar-refractivity contribution in [2.24, 2.45) is 0 Å². The smallest absolute Gasteiger partial charge is 0.258 e. The van der Waals surface area contributed by atoms with Gasteiger partial charge < -0.3 is 9.84 Å². The van der Waals surface area contributed by atoms with Crippen LogP contribution in [0.15, 0.2) is 33.3 Å². The number of aryl methyl sites for hydroxylation is 1. The molecule has 1 heterocycles. The molecule has 0 aliphatic rings. The number of hydrogen-bond donors (Lipinski definition) is 1. The number of carbonyl (C=O) groups excluding carboxylic acids is 1. The van der Waals surface area contributed by atoms with Gasteiger partial charge in [-0.25, -0.2) is 4.39 Å². The second-order valence-corrected chi connectivity index (χ2v) is 4.26. The highest BCUT2D eigenvalue weighted by Gasteiger charge is 2.12. The van der Waals surface area contributed by atoms with Crippen LogP contribution in [0.2, 0.25) is 0 Å². The number of nitrogens with zero attached hydrogens (tertiary/aromatic N) is 1. The quantitative estimate of drug-likeness (QED) is 0.927. The minimum atomic E-state index is -0.411. The van der Waals surface area contributed by atoms with Crippen LogP contribution in [0.1, 0.15) is 16.1 Å². The van der Waals surface area contributed by atoms with Gasteiger partial charge in [0.1, 0.15) is 11.6 Å². The number of nitrogens with one attached hydrogen (secondary N) is 1. The van der Waals surface area contributed by atoms with E-state index in [1.54, 1.807) is 13.0 Å². The van der Waals surface area contributed by atoms with Crippen molar-refractivity contribution in [3.8, 4) is 0 Å². The van der Waals surface area contributed by atoms with E-state index in [2.05, 4.69) is 26.4 Å². The zero-order valence-electron chi connectivity index (χ0n) is 8.83. The Morgan fingerprint density at radius 2 is 2.24 bits per heavy atom. The standard InChI is InChI=1S/C11H8BrFN2O2/c1-6-4-10(15-17-6)14-11(16)8-3-2-7(13)5-9(8)12/h2-5H,1H3,(H,14,15,16). The van der Waals surface area contributed by atoms with Gasteiger partial charge in [0.2, 0.25) is 0 Å². The molecule has 0 bridgehead atoms. The summed E-state index contributed by atoms with van der Waals surface area (Å²) in [7, 11) is 0. The van der Waals surface area contributed by atoms with E-state index in [-0.39, 0.29) is 5.91 Å². The molecule has 0 spiro atoms. The largest absolute Gasteiger partial charge is 0.360 e. The second-order valence-electron chi connectivity index (χ2n) is 3.40. The summed E-state index contributed by atoms with van der Waals surface area (Å²) in [4.78, 5) is 11.8. The molecule has 0 unspecified atom stereocenters. The Hall–Kier alpha value is -1.69. The third-order valence-corrected chi connectivity index (χ3v) is 2.70. The van der Waals surface area contributed by atoms with Crippen LogP contribution in [0.25, 0.3) is 0 Å². The van der Waals surface area contributed by atoms with E-state index in [1.807, 2.05) is 0 Å². The van der Waals surface area contributed by atoms with E-state index in [9.17, 15) is 9.18 Å². The van der Waals surface area contributed by atoms with Gasteiger partial charge in [-0.15, -0.1) is 0 Å². The molecule has 0 atom stereocenters. The first kappa shape index (κ1) is 11.8. The van der Waals surface area contributed by atoms with Crippen molar-refractivity contribution >= 4 is 27.7 Å². The zero-order chi connectivity index (χ0) is 12.4. The first-order chi connectivity index (χ1) is 8.06. The monoisotopic (exact) mass is 298 g/mol. The molecule has 2 aromatic rings. The Balaban J connectivity index is 2.20. The van der Waals surface area contributed by atoms with E-state index in [1.165, 1.54) is 18.2 Å². The molecule has 0 aliphatic heterocycles. The number of carbonyl (C=O) groups is 1. The normalized spacial score (nSPS) is 10.3. The summed E-state index contributed by atoms with van der Waals surface area (Å²) >= 11 is 3.12. The summed E-state index contributed by atoms with van der Waals surface area (Å²) in [5, 5.41) is 6.18. The Kier molecular flexibility index (Phi) is 3.23. The topological polar surface area (TPSA) is 55.1 Å². The van der Waals surface area contributed by atoms with Crippen LogP contribution < -0.4 is 5.32 Å². The number of aromatic nitrogens is 1. The van der Waals surface area contributed by atoms with Crippen LogP contribution in [0, 0.1) is 12.7 Å². The van der Waals surface area contributed by atoms with Crippen LogP contribution in [0.5, 0.6) is 0 Å². The molecule has 4 nitrogen and oxygen atoms in total. The number of anilines is 1. The maximum atomic E-state index is 12.9. The molecule has 0 saturated carbocycles. The molecule has 0 fully saturated rings. The van der Waals surface area contributed by atoms with E-state index >= 15 is 0 Å². The lowest BCUT2D eigenvalue weighted by Crippen LogP contribution is -2.12. The van der Waals surface area contributed by atoms with Crippen molar-refractivity contribution in [2.45, 2.75) is 6.92 Å². The summed E-state index contributed by atoms with van der Waals surface area (Å²) in [5.41, 5.74) is 0.326. The highest BCUT2D eigenvalue weighted by atomic mass is 79.9. The lowest BCUT2D eigenvalue weighted by Gasteiger charge is -2.03. The number of hydrogen-bond acceptors (Lipinski definition) is 3. The SMILES string of the molecule is Cc1cc(NC(=O)c2ccc(F)cc2Br)no1. The molecule has 88 valence electrons. The summed E-state index contributed by atoms with van der Waals surface area (Å²) < 4.78 is 18.1. The zero-order valence-corrected chi connectivity index (χ0v) is 10.4. The van der Waals surface area contributed by atoms with Crippen molar-refractivity contribution in [3.63, 3.8) is 0 Å². The Bertz CT molecular complexity index is 568. The van der Waals surface area contributed by atoms with Gasteiger partial charge in [0, 0.05) is 10.5 Å². The van der Waals surface area contributed by atoms with Crippen LogP contribution >= 0.6 is 15.9 Å². The summed E-state index contributed by atoms with van der Waals surface area (Å²) in [6.45, 7) is 1.72. The van der Waals surface area contributed by atoms with Crippen LogP contribution in [0.4, 0.5) is 10.2 Å². The van der Waals surface area contributed by atoms with Gasteiger partial charge in [-0.05, 0) is 41.1 Å². The highest BCUT2D eigenvalue weighted by Crippen LogP contribution is 2.19. The summed E-state index contributed by atoms with van der Waals surface area (Å²) in [6, 6.07) is 5.42. The molecule has 1 aromatic carbocycles. The molecule has 17 heavy (non-hydrogen) atoms. The Morgan fingerprint density at radius 3 is 2.82 bits per heavy atom. The average Bonchev–Trinajstić information content (AvgIpc) is 2.63. The fourth-order valence-corrected chi connectivity index (χ4v) is 1.81. The lowest BCUT2D eigenvalue weighted by molar-refractivity contribution is 0.102.